The molecule has 1 aliphatic rings. The van der Waals surface area contributed by atoms with Crippen LogP contribution in [0.25, 0.3) is 0 Å². The molecule has 1 aromatic rings. The summed E-state index contributed by atoms with van der Waals surface area (Å²) in [4.78, 5) is 0. The number of phenols is 1. The quantitative estimate of drug-likeness (QED) is 0.555. The summed E-state index contributed by atoms with van der Waals surface area (Å²) >= 11 is 6.09. The zero-order chi connectivity index (χ0) is 10.3. The fourth-order valence-electron chi connectivity index (χ4n) is 1.98. The smallest absolute Gasteiger partial charge is 0.183 e. The predicted molar refractivity (Wildman–Crippen MR) is 56.1 cm³/mol. The summed E-state index contributed by atoms with van der Waals surface area (Å²) in [6.07, 6.45) is 2.83. The van der Waals surface area contributed by atoms with E-state index in [-0.39, 0.29) is 5.75 Å². The van der Waals surface area contributed by atoms with Gasteiger partial charge < -0.3 is 15.6 Å². The number of rotatable bonds is 1. The van der Waals surface area contributed by atoms with Crippen LogP contribution in [0.1, 0.15) is 17.5 Å². The number of phenolic OH excluding ortho intramolecular Hbond substituents is 1. The first-order valence-corrected chi connectivity index (χ1v) is 4.90. The number of nitrogen functional groups attached to an aromatic ring is 1. The Morgan fingerprint density at radius 2 is 2.00 bits per heavy atom. The fraction of sp³-hybridized carbons (Fsp3) is 0.400. The van der Waals surface area contributed by atoms with Crippen molar-refractivity contribution in [1.29, 1.82) is 0 Å². The lowest BCUT2D eigenvalue weighted by molar-refractivity contribution is 0.374. The molecule has 3 N–H and O–H groups in total. The third-order valence-corrected chi connectivity index (χ3v) is 3.08. The molecule has 0 saturated carbocycles. The summed E-state index contributed by atoms with van der Waals surface area (Å²) in [5.41, 5.74) is 8.21. The van der Waals surface area contributed by atoms with Gasteiger partial charge in [0.25, 0.3) is 0 Å². The van der Waals surface area contributed by atoms with Gasteiger partial charge in [-0.3, -0.25) is 0 Å². The summed E-state index contributed by atoms with van der Waals surface area (Å²) in [5.74, 6) is 0.267. The third kappa shape index (κ3) is 1.12. The average molecular weight is 214 g/mol. The van der Waals surface area contributed by atoms with E-state index in [1.54, 1.807) is 0 Å². The van der Waals surface area contributed by atoms with Gasteiger partial charge in [0.2, 0.25) is 0 Å². The Bertz CT molecular complexity index is 384. The van der Waals surface area contributed by atoms with Crippen molar-refractivity contribution in [3.05, 3.63) is 16.1 Å². The summed E-state index contributed by atoms with van der Waals surface area (Å²) in [6.45, 7) is 0. The van der Waals surface area contributed by atoms with Crippen molar-refractivity contribution in [2.24, 2.45) is 0 Å². The molecule has 0 aromatic heterocycles. The topological polar surface area (TPSA) is 55.5 Å². The molecule has 0 spiro atoms. The van der Waals surface area contributed by atoms with E-state index in [9.17, 15) is 5.11 Å². The van der Waals surface area contributed by atoms with Crippen molar-refractivity contribution in [1.82, 2.24) is 0 Å². The number of hydrogen-bond acceptors (Lipinski definition) is 3. The molecule has 0 heterocycles. The maximum Gasteiger partial charge on any atom is 0.183 e. The Hall–Kier alpha value is -1.09. The number of fused-ring (bicyclic) bond motifs is 1. The van der Waals surface area contributed by atoms with Gasteiger partial charge in [0.05, 0.1) is 17.8 Å². The summed E-state index contributed by atoms with van der Waals surface area (Å²) < 4.78 is 5.02. The SMILES string of the molecule is COc1c(O)c(N)c2c(c1Cl)CCC2. The second-order valence-corrected chi connectivity index (χ2v) is 3.80. The van der Waals surface area contributed by atoms with E-state index in [0.29, 0.717) is 16.5 Å². The number of halogens is 1. The lowest BCUT2D eigenvalue weighted by Crippen LogP contribution is -1.98. The van der Waals surface area contributed by atoms with Gasteiger partial charge in [0.15, 0.2) is 11.5 Å². The molecular weight excluding hydrogens is 202 g/mol. The molecule has 0 saturated heterocycles. The molecule has 0 atom stereocenters. The molecule has 0 bridgehead atoms. The van der Waals surface area contributed by atoms with E-state index < -0.39 is 0 Å². The molecule has 0 radical (unpaired) electrons. The molecule has 76 valence electrons. The van der Waals surface area contributed by atoms with Crippen molar-refractivity contribution in [3.8, 4) is 11.5 Å². The minimum absolute atomic E-state index is 0.0295. The largest absolute Gasteiger partial charge is 0.503 e. The van der Waals surface area contributed by atoms with Crippen LogP contribution in [0.15, 0.2) is 0 Å². The van der Waals surface area contributed by atoms with Gasteiger partial charge in [-0.05, 0) is 30.4 Å². The van der Waals surface area contributed by atoms with E-state index >= 15 is 0 Å². The third-order valence-electron chi connectivity index (χ3n) is 2.68. The van der Waals surface area contributed by atoms with Crippen LogP contribution in [0.2, 0.25) is 5.02 Å². The maximum absolute atomic E-state index is 9.71. The van der Waals surface area contributed by atoms with Gasteiger partial charge in [0.1, 0.15) is 0 Å². The average Bonchev–Trinajstić information content (AvgIpc) is 2.64. The van der Waals surface area contributed by atoms with Crippen molar-refractivity contribution in [2.75, 3.05) is 12.8 Å². The monoisotopic (exact) mass is 213 g/mol. The molecule has 3 nitrogen and oxygen atoms in total. The van der Waals surface area contributed by atoms with E-state index in [2.05, 4.69) is 0 Å². The van der Waals surface area contributed by atoms with Crippen LogP contribution in [-0.4, -0.2) is 12.2 Å². The molecule has 14 heavy (non-hydrogen) atoms. The Labute approximate surface area is 87.4 Å². The van der Waals surface area contributed by atoms with Crippen LogP contribution >= 0.6 is 11.6 Å². The molecular formula is C10H12ClNO2. The molecule has 0 unspecified atom stereocenters. The number of anilines is 1. The summed E-state index contributed by atoms with van der Waals surface area (Å²) in [5, 5.41) is 10.2. The summed E-state index contributed by atoms with van der Waals surface area (Å²) in [6, 6.07) is 0. The molecule has 0 amide bonds. The zero-order valence-corrected chi connectivity index (χ0v) is 8.69. The second kappa shape index (κ2) is 3.24. The van der Waals surface area contributed by atoms with Crippen molar-refractivity contribution in [3.63, 3.8) is 0 Å². The number of nitrogens with two attached hydrogens (primary N) is 1. The first kappa shape index (κ1) is 9.46. The minimum atomic E-state index is -0.0295. The highest BCUT2D eigenvalue weighted by Crippen LogP contribution is 2.47. The van der Waals surface area contributed by atoms with E-state index in [0.717, 1.165) is 30.4 Å². The van der Waals surface area contributed by atoms with Crippen molar-refractivity contribution in [2.45, 2.75) is 19.3 Å². The Morgan fingerprint density at radius 1 is 1.36 bits per heavy atom. The standard InChI is InChI=1S/C10H12ClNO2/c1-14-10-7(11)5-3-2-4-6(5)8(12)9(10)13/h13H,2-4,12H2,1H3. The Kier molecular flexibility index (Phi) is 2.19. The molecule has 0 fully saturated rings. The molecule has 1 aliphatic carbocycles. The van der Waals surface area contributed by atoms with Gasteiger partial charge in [0, 0.05) is 0 Å². The first-order chi connectivity index (χ1) is 6.66. The predicted octanol–water partition coefficient (Wildman–Crippen LogP) is 2.13. The molecule has 0 aliphatic heterocycles. The molecule has 1 aromatic carbocycles. The molecule has 2 rings (SSSR count). The maximum atomic E-state index is 9.71. The highest BCUT2D eigenvalue weighted by Gasteiger charge is 2.24. The van der Waals surface area contributed by atoms with E-state index in [4.69, 9.17) is 22.1 Å². The van der Waals surface area contributed by atoms with Gasteiger partial charge >= 0.3 is 0 Å². The van der Waals surface area contributed by atoms with Gasteiger partial charge in [-0.1, -0.05) is 11.6 Å². The van der Waals surface area contributed by atoms with Crippen LogP contribution in [0.5, 0.6) is 11.5 Å². The van der Waals surface area contributed by atoms with Crippen LogP contribution < -0.4 is 10.5 Å². The Balaban J connectivity index is 2.73. The van der Waals surface area contributed by atoms with Gasteiger partial charge in [-0.25, -0.2) is 0 Å². The second-order valence-electron chi connectivity index (χ2n) is 3.42. The van der Waals surface area contributed by atoms with Gasteiger partial charge in [-0.2, -0.15) is 0 Å². The lowest BCUT2D eigenvalue weighted by Gasteiger charge is -2.13. The van der Waals surface area contributed by atoms with Crippen LogP contribution in [0, 0.1) is 0 Å². The van der Waals surface area contributed by atoms with Gasteiger partial charge in [-0.15, -0.1) is 0 Å². The number of benzene rings is 1. The Morgan fingerprint density at radius 3 is 2.64 bits per heavy atom. The minimum Gasteiger partial charge on any atom is -0.503 e. The fourth-order valence-corrected chi connectivity index (χ4v) is 2.35. The van der Waals surface area contributed by atoms with Crippen LogP contribution in [0.3, 0.4) is 0 Å². The van der Waals surface area contributed by atoms with E-state index in [1.165, 1.54) is 7.11 Å². The van der Waals surface area contributed by atoms with E-state index in [1.807, 2.05) is 0 Å². The highest BCUT2D eigenvalue weighted by atomic mass is 35.5. The normalized spacial score (nSPS) is 14.1. The number of aromatic hydroxyl groups is 1. The number of methoxy groups -OCH3 is 1. The number of hydrogen-bond donors (Lipinski definition) is 2. The highest BCUT2D eigenvalue weighted by molar-refractivity contribution is 6.33. The van der Waals surface area contributed by atoms with Crippen molar-refractivity contribution < 1.29 is 9.84 Å². The van der Waals surface area contributed by atoms with Crippen LogP contribution in [0.4, 0.5) is 5.69 Å². The molecule has 4 heteroatoms. The first-order valence-electron chi connectivity index (χ1n) is 4.52. The number of ether oxygens (including phenoxy) is 1. The van der Waals surface area contributed by atoms with Crippen LogP contribution in [-0.2, 0) is 12.8 Å². The zero-order valence-electron chi connectivity index (χ0n) is 7.93. The van der Waals surface area contributed by atoms with Crippen molar-refractivity contribution >= 4 is 17.3 Å². The summed E-state index contributed by atoms with van der Waals surface area (Å²) in [7, 11) is 1.47. The lowest BCUT2D eigenvalue weighted by atomic mass is 10.1.